The van der Waals surface area contributed by atoms with Gasteiger partial charge in [-0.15, -0.1) is 0 Å². The first-order valence-electron chi connectivity index (χ1n) is 5.81. The van der Waals surface area contributed by atoms with Crippen molar-refractivity contribution in [1.82, 2.24) is 0 Å². The monoisotopic (exact) mass is 288 g/mol. The van der Waals surface area contributed by atoms with Crippen LogP contribution in [0.1, 0.15) is 13.8 Å². The van der Waals surface area contributed by atoms with E-state index in [0.29, 0.717) is 5.75 Å². The van der Waals surface area contributed by atoms with Gasteiger partial charge in [0.15, 0.2) is 0 Å². The second kappa shape index (κ2) is 7.28. The Balaban J connectivity index is 2.78. The van der Waals surface area contributed by atoms with Crippen LogP contribution < -0.4 is 9.47 Å². The molecule has 1 rings (SSSR count). The molecule has 6 nitrogen and oxygen atoms in total. The lowest BCUT2D eigenvalue weighted by molar-refractivity contribution is 0.185. The molecule has 0 radical (unpaired) electrons. The van der Waals surface area contributed by atoms with Crippen molar-refractivity contribution >= 4 is 13.3 Å². The molecule has 0 atom stereocenters. The van der Waals surface area contributed by atoms with Crippen molar-refractivity contribution in [3.05, 3.63) is 24.3 Å². The first-order valence-corrected chi connectivity index (χ1v) is 7.35. The largest absolute Gasteiger partial charge is 0.497 e. The molecule has 0 spiro atoms. The molecule has 0 fully saturated rings. The average molecular weight is 288 g/mol. The number of ether oxygens (including phenoxy) is 2. The molecule has 0 aliphatic carbocycles. The molecule has 106 valence electrons. The maximum absolute atomic E-state index is 12.1. The Hall–Kier alpha value is -1.36. The van der Waals surface area contributed by atoms with Gasteiger partial charge in [-0.05, 0) is 38.1 Å². The van der Waals surface area contributed by atoms with Crippen molar-refractivity contribution in [1.29, 1.82) is 0 Å². The summed E-state index contributed by atoms with van der Waals surface area (Å²) in [5, 5.41) is 0. The van der Waals surface area contributed by atoms with E-state index in [1.165, 1.54) is 19.2 Å². The summed E-state index contributed by atoms with van der Waals surface area (Å²) in [6, 6.07) is 6.29. The van der Waals surface area contributed by atoms with E-state index in [0.717, 1.165) is 0 Å². The van der Waals surface area contributed by atoms with Gasteiger partial charge in [-0.1, -0.05) is 0 Å². The van der Waals surface area contributed by atoms with E-state index in [1.807, 2.05) is 0 Å². The average Bonchev–Trinajstić information content (AvgIpc) is 2.40. The molecule has 0 heterocycles. The predicted molar refractivity (Wildman–Crippen MR) is 69.9 cm³/mol. The first kappa shape index (κ1) is 15.7. The molecular weight excluding hydrogens is 271 g/mol. The third-order valence-electron chi connectivity index (χ3n) is 2.09. The van der Waals surface area contributed by atoms with Gasteiger partial charge in [0, 0.05) is 0 Å². The highest BCUT2D eigenvalue weighted by atomic mass is 31.2. The molecule has 0 amide bonds. The van der Waals surface area contributed by atoms with Crippen molar-refractivity contribution in [2.45, 2.75) is 13.8 Å². The van der Waals surface area contributed by atoms with Gasteiger partial charge in [-0.2, -0.15) is 0 Å². The summed E-state index contributed by atoms with van der Waals surface area (Å²) in [6.45, 7) is 3.42. The van der Waals surface area contributed by atoms with Gasteiger partial charge in [0.05, 0.1) is 20.3 Å². The second-order valence-corrected chi connectivity index (χ2v) is 5.25. The Kier molecular flexibility index (Phi) is 6.02. The van der Waals surface area contributed by atoms with Gasteiger partial charge < -0.3 is 18.5 Å². The first-order chi connectivity index (χ1) is 9.05. The van der Waals surface area contributed by atoms with E-state index >= 15 is 0 Å². The zero-order chi connectivity index (χ0) is 14.3. The van der Waals surface area contributed by atoms with Crippen molar-refractivity contribution in [3.8, 4) is 11.5 Å². The number of rotatable bonds is 7. The summed E-state index contributed by atoms with van der Waals surface area (Å²) in [4.78, 5) is 11.8. The fourth-order valence-corrected chi connectivity index (χ4v) is 2.47. The maximum Gasteiger partial charge on any atom is 0.438 e. The van der Waals surface area contributed by atoms with Crippen LogP contribution in [0.2, 0.25) is 0 Å². The zero-order valence-electron chi connectivity index (χ0n) is 11.1. The van der Waals surface area contributed by atoms with Gasteiger partial charge >= 0.3 is 13.3 Å². The second-order valence-electron chi connectivity index (χ2n) is 3.38. The van der Waals surface area contributed by atoms with E-state index in [4.69, 9.17) is 18.5 Å². The lowest BCUT2D eigenvalue weighted by Crippen LogP contribution is -2.11. The molecule has 1 aromatic carbocycles. The maximum atomic E-state index is 12.1. The third kappa shape index (κ3) is 4.35. The minimum absolute atomic E-state index is 0.0923. The molecule has 0 N–H and O–H groups in total. The molecule has 0 aliphatic heterocycles. The van der Waals surface area contributed by atoms with E-state index in [-0.39, 0.29) is 19.0 Å². The standard InChI is InChI=1S/C12H17O6P/c1-4-16-19(14,17-5-2)12(13)18-11-8-6-10(15-3)7-9-11/h6-9H,4-5H2,1-3H3. The van der Waals surface area contributed by atoms with Crippen LogP contribution in [-0.2, 0) is 13.6 Å². The molecule has 7 heteroatoms. The SMILES string of the molecule is CCOP(=O)(OCC)C(=O)Oc1ccc(OC)cc1. The minimum Gasteiger partial charge on any atom is -0.497 e. The van der Waals surface area contributed by atoms with Crippen molar-refractivity contribution in [2.75, 3.05) is 20.3 Å². The summed E-state index contributed by atoms with van der Waals surface area (Å²) in [7, 11) is -2.36. The highest BCUT2D eigenvalue weighted by Gasteiger charge is 2.36. The Morgan fingerprint density at radius 2 is 1.53 bits per heavy atom. The Morgan fingerprint density at radius 1 is 1.05 bits per heavy atom. The molecular formula is C12H17O6P. The third-order valence-corrected chi connectivity index (χ3v) is 3.82. The minimum atomic E-state index is -3.89. The van der Waals surface area contributed by atoms with Crippen molar-refractivity contribution in [2.24, 2.45) is 0 Å². The molecule has 1 aromatic rings. The number of benzene rings is 1. The molecule has 0 saturated heterocycles. The van der Waals surface area contributed by atoms with Crippen LogP contribution in [0.3, 0.4) is 0 Å². The van der Waals surface area contributed by atoms with E-state index in [9.17, 15) is 9.36 Å². The molecule has 19 heavy (non-hydrogen) atoms. The fourth-order valence-electron chi connectivity index (χ4n) is 1.28. The van der Waals surface area contributed by atoms with Gasteiger partial charge in [0.25, 0.3) is 0 Å². The quantitative estimate of drug-likeness (QED) is 0.715. The molecule has 0 unspecified atom stereocenters. The lowest BCUT2D eigenvalue weighted by Gasteiger charge is -2.15. The number of carbonyl (C=O) groups is 1. The smallest absolute Gasteiger partial charge is 0.438 e. The van der Waals surface area contributed by atoms with E-state index in [2.05, 4.69) is 0 Å². The van der Waals surface area contributed by atoms with Crippen LogP contribution in [0.25, 0.3) is 0 Å². The highest BCUT2D eigenvalue weighted by Crippen LogP contribution is 2.49. The van der Waals surface area contributed by atoms with E-state index < -0.39 is 13.3 Å². The number of methoxy groups -OCH3 is 1. The summed E-state index contributed by atoms with van der Waals surface area (Å²) < 4.78 is 31.8. The zero-order valence-corrected chi connectivity index (χ0v) is 12.0. The lowest BCUT2D eigenvalue weighted by atomic mass is 10.3. The summed E-state index contributed by atoms with van der Waals surface area (Å²) >= 11 is 0. The summed E-state index contributed by atoms with van der Waals surface area (Å²) in [5.74, 6) is 0.864. The van der Waals surface area contributed by atoms with Crippen LogP contribution in [-0.4, -0.2) is 26.0 Å². The van der Waals surface area contributed by atoms with Crippen molar-refractivity contribution < 1.29 is 27.9 Å². The highest BCUT2D eigenvalue weighted by molar-refractivity contribution is 7.71. The van der Waals surface area contributed by atoms with Crippen molar-refractivity contribution in [3.63, 3.8) is 0 Å². The van der Waals surface area contributed by atoms with Gasteiger partial charge in [0.1, 0.15) is 11.5 Å². The van der Waals surface area contributed by atoms with E-state index in [1.54, 1.807) is 26.0 Å². The Labute approximate surface area is 112 Å². The van der Waals surface area contributed by atoms with Gasteiger partial charge in [-0.3, -0.25) is 0 Å². The van der Waals surface area contributed by atoms with Crippen LogP contribution >= 0.6 is 7.60 Å². The molecule has 0 saturated carbocycles. The number of carbonyl (C=O) groups excluding carboxylic acids is 1. The van der Waals surface area contributed by atoms with Crippen LogP contribution in [0.5, 0.6) is 11.5 Å². The molecule has 0 bridgehead atoms. The molecule has 0 aliphatic rings. The molecule has 0 aromatic heterocycles. The van der Waals surface area contributed by atoms with Gasteiger partial charge in [0.2, 0.25) is 0 Å². The summed E-state index contributed by atoms with van der Waals surface area (Å²) in [6.07, 6.45) is 0. The van der Waals surface area contributed by atoms with Crippen LogP contribution in [0.15, 0.2) is 24.3 Å². The topological polar surface area (TPSA) is 71.1 Å². The summed E-state index contributed by atoms with van der Waals surface area (Å²) in [5.41, 5.74) is -1.03. The number of hydrogen-bond acceptors (Lipinski definition) is 6. The Bertz CT molecular complexity index is 446. The number of hydrogen-bond donors (Lipinski definition) is 0. The van der Waals surface area contributed by atoms with Crippen LogP contribution in [0.4, 0.5) is 4.79 Å². The fraction of sp³-hybridized carbons (Fsp3) is 0.417. The predicted octanol–water partition coefficient (Wildman–Crippen LogP) is 3.46. The van der Waals surface area contributed by atoms with Gasteiger partial charge in [-0.25, -0.2) is 9.36 Å². The normalized spacial score (nSPS) is 11.1. The van der Waals surface area contributed by atoms with Crippen LogP contribution in [0, 0.1) is 0 Å². The Morgan fingerprint density at radius 3 is 1.95 bits per heavy atom.